The van der Waals surface area contributed by atoms with E-state index in [1.165, 1.54) is 323 Å². The number of allylic oxidation sites excluding steroid dienone is 4. The Bertz CT molecular complexity index is 1620. The molecular weight excluding hydrogens is 869 g/mol. The largest absolute Gasteiger partial charge is 0.348 e. The maximum Gasteiger partial charge on any atom is 0.300 e. The van der Waals surface area contributed by atoms with Crippen LogP contribution < -0.4 is 0 Å². The molecule has 0 N–H and O–H groups in total. The molecular formula is C70H118N2. The molecule has 72 heavy (non-hydrogen) atoms. The van der Waals surface area contributed by atoms with Crippen molar-refractivity contribution >= 4 is 11.4 Å². The molecule has 0 amide bonds. The molecule has 0 unspecified atom stereocenters. The van der Waals surface area contributed by atoms with Crippen LogP contribution in [0, 0.1) is 0 Å². The molecule has 0 atom stereocenters. The van der Waals surface area contributed by atoms with Gasteiger partial charge in [-0.25, -0.2) is 0 Å². The predicted octanol–water partition coefficient (Wildman–Crippen LogP) is 24.0. The molecule has 0 aromatic heterocycles. The van der Waals surface area contributed by atoms with Crippen molar-refractivity contribution in [3.8, 4) is 0 Å². The lowest BCUT2D eigenvalue weighted by molar-refractivity contribution is 0.00802. The van der Waals surface area contributed by atoms with Gasteiger partial charge in [0.15, 0.2) is 0 Å². The summed E-state index contributed by atoms with van der Waals surface area (Å²) in [6, 6.07) is 18.6. The van der Waals surface area contributed by atoms with E-state index < -0.39 is 0 Å². The van der Waals surface area contributed by atoms with Gasteiger partial charge in [-0.3, -0.25) is 0 Å². The highest BCUT2D eigenvalue weighted by atomic mass is 14.8. The SMILES string of the molecule is CCCCCCCCCCCCCCCCCCCCCCCCCCCCC=CC(C=C=[N+]=[N-])=C(c1ccc(CCCCCCCCCCCCCCCC)cc1)c1cccc(CCCCCCCC)c1. The lowest BCUT2D eigenvalue weighted by Crippen LogP contribution is -1.96. The van der Waals surface area contributed by atoms with Crippen LogP contribution >= 0.6 is 0 Å². The number of unbranched alkanes of at least 4 members (excludes halogenated alkanes) is 44. The van der Waals surface area contributed by atoms with Crippen molar-refractivity contribution < 1.29 is 4.79 Å². The first-order valence-corrected chi connectivity index (χ1v) is 32.3. The second kappa shape index (κ2) is 51.6. The van der Waals surface area contributed by atoms with Crippen molar-refractivity contribution in [3.05, 3.63) is 100 Å². The van der Waals surface area contributed by atoms with Crippen molar-refractivity contribution in [2.75, 3.05) is 0 Å². The minimum atomic E-state index is 1.05. The predicted molar refractivity (Wildman–Crippen MR) is 323 cm³/mol. The zero-order valence-electron chi connectivity index (χ0n) is 48.4. The van der Waals surface area contributed by atoms with E-state index in [-0.39, 0.29) is 0 Å². The molecule has 0 aliphatic carbocycles. The lowest BCUT2D eigenvalue weighted by atomic mass is 9.90. The molecule has 0 radical (unpaired) electrons. The Hall–Kier alpha value is -2.92. The van der Waals surface area contributed by atoms with E-state index in [1.807, 2.05) is 6.08 Å². The van der Waals surface area contributed by atoms with Gasteiger partial charge in [0.2, 0.25) is 0 Å². The van der Waals surface area contributed by atoms with E-state index in [1.54, 1.807) is 0 Å². The number of hydrogen-bond acceptors (Lipinski definition) is 0. The molecule has 2 nitrogen and oxygen atoms in total. The summed E-state index contributed by atoms with van der Waals surface area (Å²) in [6.07, 6.45) is 74.4. The summed E-state index contributed by atoms with van der Waals surface area (Å²) in [5.41, 5.74) is 17.1. The molecule has 0 aliphatic heterocycles. The Balaban J connectivity index is 1.75. The Kier molecular flexibility index (Phi) is 46.7. The quantitative estimate of drug-likeness (QED) is 0.0208. The zero-order chi connectivity index (χ0) is 51.3. The summed E-state index contributed by atoms with van der Waals surface area (Å²) in [5.74, 6) is 2.79. The van der Waals surface area contributed by atoms with Crippen LogP contribution in [-0.2, 0) is 12.8 Å². The first-order chi connectivity index (χ1) is 35.7. The number of rotatable bonds is 53. The van der Waals surface area contributed by atoms with Crippen LogP contribution in [0.4, 0.5) is 0 Å². The van der Waals surface area contributed by atoms with Crippen molar-refractivity contribution in [2.45, 2.75) is 335 Å². The van der Waals surface area contributed by atoms with Gasteiger partial charge in [-0.1, -0.05) is 358 Å². The van der Waals surface area contributed by atoms with E-state index >= 15 is 0 Å². The summed E-state index contributed by atoms with van der Waals surface area (Å²) >= 11 is 0. The fourth-order valence-corrected chi connectivity index (χ4v) is 10.9. The summed E-state index contributed by atoms with van der Waals surface area (Å²) in [4.78, 5) is 3.31. The Morgan fingerprint density at radius 3 is 1.07 bits per heavy atom. The van der Waals surface area contributed by atoms with Crippen molar-refractivity contribution in [2.24, 2.45) is 0 Å². The smallest absolute Gasteiger partial charge is 0.300 e. The molecule has 0 heterocycles. The van der Waals surface area contributed by atoms with Gasteiger partial charge in [0.25, 0.3) is 5.87 Å². The maximum atomic E-state index is 9.53. The molecule has 2 rings (SSSR count). The second-order valence-electron chi connectivity index (χ2n) is 22.5. The van der Waals surface area contributed by atoms with Crippen molar-refractivity contribution in [3.63, 3.8) is 0 Å². The van der Waals surface area contributed by atoms with Crippen LogP contribution in [0.25, 0.3) is 11.1 Å². The van der Waals surface area contributed by atoms with Gasteiger partial charge in [0, 0.05) is 0 Å². The summed E-state index contributed by atoms with van der Waals surface area (Å²) < 4.78 is 0. The molecule has 2 heteroatoms. The Morgan fingerprint density at radius 1 is 0.375 bits per heavy atom. The summed E-state index contributed by atoms with van der Waals surface area (Å²) in [6.45, 7) is 6.91. The first-order valence-electron chi connectivity index (χ1n) is 32.3. The number of benzene rings is 2. The van der Waals surface area contributed by atoms with Crippen LogP contribution in [0.15, 0.2) is 72.3 Å². The molecule has 408 valence electrons. The molecule has 0 aliphatic rings. The molecule has 0 fully saturated rings. The van der Waals surface area contributed by atoms with Crippen LogP contribution in [0.5, 0.6) is 0 Å². The van der Waals surface area contributed by atoms with E-state index in [4.69, 9.17) is 0 Å². The van der Waals surface area contributed by atoms with Gasteiger partial charge in [-0.05, 0) is 71.9 Å². The summed E-state index contributed by atoms with van der Waals surface area (Å²) in [5, 5.41) is 0. The minimum absolute atomic E-state index is 1.05. The van der Waals surface area contributed by atoms with Crippen molar-refractivity contribution in [1.82, 2.24) is 0 Å². The average molecular weight is 988 g/mol. The van der Waals surface area contributed by atoms with Gasteiger partial charge < -0.3 is 5.53 Å². The van der Waals surface area contributed by atoms with Gasteiger partial charge in [0.05, 0.1) is 6.08 Å². The second-order valence-corrected chi connectivity index (χ2v) is 22.5. The number of aryl methyl sites for hydroxylation is 2. The molecule has 2 aromatic carbocycles. The van der Waals surface area contributed by atoms with Gasteiger partial charge in [0.1, 0.15) is 0 Å². The highest BCUT2D eigenvalue weighted by molar-refractivity contribution is 5.87. The van der Waals surface area contributed by atoms with E-state index in [2.05, 4.69) is 92.1 Å². The Morgan fingerprint density at radius 2 is 0.708 bits per heavy atom. The fraction of sp³-hybridized carbons (Fsp3) is 0.743. The van der Waals surface area contributed by atoms with E-state index in [0.717, 1.165) is 24.8 Å². The average Bonchev–Trinajstić information content (AvgIpc) is 3.40. The van der Waals surface area contributed by atoms with Crippen molar-refractivity contribution in [1.29, 1.82) is 0 Å². The zero-order valence-corrected chi connectivity index (χ0v) is 48.4. The third-order valence-electron chi connectivity index (χ3n) is 15.7. The number of hydrogen-bond donors (Lipinski definition) is 0. The number of nitrogens with zero attached hydrogens (tertiary/aromatic N) is 2. The minimum Gasteiger partial charge on any atom is -0.348 e. The van der Waals surface area contributed by atoms with E-state index in [0.29, 0.717) is 0 Å². The monoisotopic (exact) mass is 987 g/mol. The van der Waals surface area contributed by atoms with Gasteiger partial charge >= 0.3 is 0 Å². The molecule has 0 saturated carbocycles. The molecule has 2 aromatic rings. The van der Waals surface area contributed by atoms with Gasteiger partial charge in [-0.15, -0.1) is 4.79 Å². The van der Waals surface area contributed by atoms with Crippen LogP contribution in [0.1, 0.15) is 345 Å². The lowest BCUT2D eigenvalue weighted by Gasteiger charge is -2.14. The summed E-state index contributed by atoms with van der Waals surface area (Å²) in [7, 11) is 0. The highest BCUT2D eigenvalue weighted by Crippen LogP contribution is 2.31. The molecule has 0 saturated heterocycles. The third-order valence-corrected chi connectivity index (χ3v) is 15.7. The normalized spacial score (nSPS) is 11.9. The van der Waals surface area contributed by atoms with Gasteiger partial charge in [-0.2, -0.15) is 0 Å². The van der Waals surface area contributed by atoms with Crippen LogP contribution in [0.2, 0.25) is 0 Å². The fourth-order valence-electron chi connectivity index (χ4n) is 10.9. The molecule has 0 bridgehead atoms. The van der Waals surface area contributed by atoms with Crippen LogP contribution in [0.3, 0.4) is 0 Å². The Labute approximate surface area is 449 Å². The molecule has 0 spiro atoms. The van der Waals surface area contributed by atoms with E-state index in [9.17, 15) is 5.53 Å². The standard InChI is InChI=1S/C70H118N2/c1-4-7-10-13-16-18-20-22-24-25-26-27-28-29-30-31-32-33-34-35-36-37-39-41-43-45-48-51-56-67(62-63-72-71)70(69-57-52-55-66(64-69)54-50-46-15-12-9-6-3)68-60-58-65(59-61-68)53-49-47-44-42-40-38-23-21-19-17-14-11-8-5-2/h51-52,55-62,64H,4-50,53-54H2,1-3H3. The van der Waals surface area contributed by atoms with Crippen LogP contribution in [-0.4, -0.2) is 10.7 Å². The topological polar surface area (TPSA) is 36.4 Å². The third kappa shape index (κ3) is 38.6. The first kappa shape index (κ1) is 65.2. The highest BCUT2D eigenvalue weighted by Gasteiger charge is 2.12. The maximum absolute atomic E-state index is 9.53.